The van der Waals surface area contributed by atoms with E-state index in [1.165, 1.54) is 4.57 Å². The molecule has 150 valence electrons. The third kappa shape index (κ3) is 3.61. The van der Waals surface area contributed by atoms with Crippen molar-refractivity contribution in [3.05, 3.63) is 29.2 Å². The maximum absolute atomic E-state index is 13.0. The molecule has 7 nitrogen and oxygen atoms in total. The lowest BCUT2D eigenvalue weighted by atomic mass is 9.99. The van der Waals surface area contributed by atoms with Crippen LogP contribution in [0, 0.1) is 13.8 Å². The van der Waals surface area contributed by atoms with E-state index >= 15 is 0 Å². The van der Waals surface area contributed by atoms with Gasteiger partial charge >= 0.3 is 12.1 Å². The molecule has 0 saturated carbocycles. The fraction of sp³-hybridized carbons (Fsp3) is 0.476. The van der Waals surface area contributed by atoms with E-state index in [0.717, 1.165) is 40.1 Å². The number of fused-ring (bicyclic) bond motifs is 1. The molecule has 0 aliphatic carbocycles. The second-order valence-corrected chi connectivity index (χ2v) is 7.70. The molecule has 2 heterocycles. The highest BCUT2D eigenvalue weighted by molar-refractivity contribution is 5.93. The standard InChI is InChI=1S/C21H27N3O4/c1-8-14-10-15(17-12(3)23-28-13(17)4)11-16-18(14)22-19(26-9-2)24(16)20(25)27-21(5,6)7/h10-11H,8-9H2,1-7H3. The summed E-state index contributed by atoms with van der Waals surface area (Å²) in [4.78, 5) is 17.5. The summed E-state index contributed by atoms with van der Waals surface area (Å²) < 4.78 is 18.0. The monoisotopic (exact) mass is 385 g/mol. The summed E-state index contributed by atoms with van der Waals surface area (Å²) in [5.74, 6) is 0.729. The average Bonchev–Trinajstić information content (AvgIpc) is 3.12. The van der Waals surface area contributed by atoms with Gasteiger partial charge in [-0.15, -0.1) is 0 Å². The number of rotatable bonds is 4. The number of aryl methyl sites for hydroxylation is 3. The Labute approximate surface area is 164 Å². The molecule has 0 spiro atoms. The summed E-state index contributed by atoms with van der Waals surface area (Å²) in [6, 6.07) is 4.22. The van der Waals surface area contributed by atoms with Crippen molar-refractivity contribution in [3.8, 4) is 17.1 Å². The minimum absolute atomic E-state index is 0.234. The number of ether oxygens (including phenoxy) is 2. The van der Waals surface area contributed by atoms with Crippen molar-refractivity contribution in [2.75, 3.05) is 6.61 Å². The minimum Gasteiger partial charge on any atom is -0.465 e. The minimum atomic E-state index is -0.635. The number of aromatic nitrogens is 3. The van der Waals surface area contributed by atoms with E-state index in [1.54, 1.807) is 0 Å². The second-order valence-electron chi connectivity index (χ2n) is 7.70. The Hall–Kier alpha value is -2.83. The molecule has 28 heavy (non-hydrogen) atoms. The van der Waals surface area contributed by atoms with Crippen LogP contribution in [0.5, 0.6) is 6.01 Å². The summed E-state index contributed by atoms with van der Waals surface area (Å²) in [7, 11) is 0. The average molecular weight is 385 g/mol. The first-order valence-corrected chi connectivity index (χ1v) is 9.51. The molecular formula is C21H27N3O4. The van der Waals surface area contributed by atoms with E-state index in [9.17, 15) is 4.79 Å². The van der Waals surface area contributed by atoms with Crippen LogP contribution in [-0.2, 0) is 11.2 Å². The molecule has 0 amide bonds. The van der Waals surface area contributed by atoms with E-state index < -0.39 is 11.7 Å². The quantitative estimate of drug-likeness (QED) is 0.625. The molecule has 0 bridgehead atoms. The SMILES string of the molecule is CCOc1nc2c(CC)cc(-c3c(C)noc3C)cc2n1C(=O)OC(C)(C)C. The molecule has 0 aliphatic heterocycles. The van der Waals surface area contributed by atoms with Crippen LogP contribution in [0.2, 0.25) is 0 Å². The molecule has 3 aromatic rings. The molecule has 0 N–H and O–H groups in total. The van der Waals surface area contributed by atoms with Crippen molar-refractivity contribution in [2.45, 2.75) is 60.5 Å². The topological polar surface area (TPSA) is 79.4 Å². The van der Waals surface area contributed by atoms with E-state index in [4.69, 9.17) is 14.0 Å². The normalized spacial score (nSPS) is 11.8. The van der Waals surface area contributed by atoms with Crippen LogP contribution in [0.25, 0.3) is 22.2 Å². The van der Waals surface area contributed by atoms with Crippen LogP contribution in [0.4, 0.5) is 4.79 Å². The summed E-state index contributed by atoms with van der Waals surface area (Å²) in [6.07, 6.45) is 0.237. The summed E-state index contributed by atoms with van der Waals surface area (Å²) >= 11 is 0. The van der Waals surface area contributed by atoms with Gasteiger partial charge in [0.15, 0.2) is 0 Å². The summed E-state index contributed by atoms with van der Waals surface area (Å²) in [5, 5.41) is 4.06. The summed E-state index contributed by atoms with van der Waals surface area (Å²) in [5.41, 5.74) is 4.39. The Balaban J connectivity index is 2.29. The summed E-state index contributed by atoms with van der Waals surface area (Å²) in [6.45, 7) is 13.6. The van der Waals surface area contributed by atoms with Crippen LogP contribution in [0.3, 0.4) is 0 Å². The third-order valence-electron chi connectivity index (χ3n) is 4.36. The number of carbonyl (C=O) groups is 1. The Morgan fingerprint density at radius 1 is 1.21 bits per heavy atom. The lowest BCUT2D eigenvalue weighted by Gasteiger charge is -2.20. The molecule has 0 unspecified atom stereocenters. The van der Waals surface area contributed by atoms with Crippen LogP contribution in [0.1, 0.15) is 51.6 Å². The maximum Gasteiger partial charge on any atom is 0.423 e. The van der Waals surface area contributed by atoms with Gasteiger partial charge in [-0.3, -0.25) is 0 Å². The van der Waals surface area contributed by atoms with Crippen molar-refractivity contribution >= 4 is 17.1 Å². The van der Waals surface area contributed by atoms with E-state index in [1.807, 2.05) is 47.6 Å². The van der Waals surface area contributed by atoms with Gasteiger partial charge < -0.3 is 14.0 Å². The first-order valence-electron chi connectivity index (χ1n) is 9.51. The van der Waals surface area contributed by atoms with Crippen molar-refractivity contribution in [3.63, 3.8) is 0 Å². The number of hydrogen-bond acceptors (Lipinski definition) is 6. The van der Waals surface area contributed by atoms with Crippen LogP contribution >= 0.6 is 0 Å². The lowest BCUT2D eigenvalue weighted by Crippen LogP contribution is -2.27. The number of nitrogens with zero attached hydrogens (tertiary/aromatic N) is 3. The molecule has 0 radical (unpaired) electrons. The third-order valence-corrected chi connectivity index (χ3v) is 4.36. The molecule has 0 atom stereocenters. The van der Waals surface area contributed by atoms with Gasteiger partial charge in [0.25, 0.3) is 0 Å². The van der Waals surface area contributed by atoms with Gasteiger partial charge in [0, 0.05) is 5.56 Å². The number of imidazole rings is 1. The van der Waals surface area contributed by atoms with Crippen molar-refractivity contribution in [1.82, 2.24) is 14.7 Å². The molecule has 1 aromatic carbocycles. The van der Waals surface area contributed by atoms with Crippen molar-refractivity contribution in [2.24, 2.45) is 0 Å². The van der Waals surface area contributed by atoms with E-state index in [-0.39, 0.29) is 6.01 Å². The molecule has 0 aliphatic rings. The van der Waals surface area contributed by atoms with E-state index in [0.29, 0.717) is 12.1 Å². The fourth-order valence-corrected chi connectivity index (χ4v) is 3.25. The van der Waals surface area contributed by atoms with Crippen molar-refractivity contribution in [1.29, 1.82) is 0 Å². The van der Waals surface area contributed by atoms with Crippen LogP contribution in [0.15, 0.2) is 16.7 Å². The highest BCUT2D eigenvalue weighted by atomic mass is 16.6. The fourth-order valence-electron chi connectivity index (χ4n) is 3.25. The van der Waals surface area contributed by atoms with Crippen molar-refractivity contribution < 1.29 is 18.8 Å². The predicted octanol–water partition coefficient (Wildman–Crippen LogP) is 5.05. The smallest absolute Gasteiger partial charge is 0.423 e. The lowest BCUT2D eigenvalue weighted by molar-refractivity contribution is 0.0527. The first kappa shape index (κ1) is 19.9. The Morgan fingerprint density at radius 2 is 1.93 bits per heavy atom. The van der Waals surface area contributed by atoms with Gasteiger partial charge in [0.05, 0.1) is 23.3 Å². The molecule has 3 rings (SSSR count). The second kappa shape index (κ2) is 7.30. The predicted molar refractivity (Wildman–Crippen MR) is 107 cm³/mol. The highest BCUT2D eigenvalue weighted by Crippen LogP contribution is 2.34. The number of carbonyl (C=O) groups excluding carboxylic acids is 1. The van der Waals surface area contributed by atoms with Gasteiger partial charge in [0.1, 0.15) is 11.4 Å². The van der Waals surface area contributed by atoms with Gasteiger partial charge in [-0.25, -0.2) is 4.79 Å². The van der Waals surface area contributed by atoms with Gasteiger partial charge in [-0.05, 0) is 71.2 Å². The van der Waals surface area contributed by atoms with Gasteiger partial charge in [-0.1, -0.05) is 12.1 Å². The Kier molecular flexibility index (Phi) is 5.19. The zero-order valence-corrected chi connectivity index (χ0v) is 17.5. The Bertz CT molecular complexity index is 1010. The van der Waals surface area contributed by atoms with Gasteiger partial charge in [-0.2, -0.15) is 9.55 Å². The number of hydrogen-bond donors (Lipinski definition) is 0. The van der Waals surface area contributed by atoms with Crippen LogP contribution < -0.4 is 4.74 Å². The molecule has 0 fully saturated rings. The number of benzene rings is 1. The molecule has 7 heteroatoms. The van der Waals surface area contributed by atoms with Gasteiger partial charge in [0.2, 0.25) is 0 Å². The highest BCUT2D eigenvalue weighted by Gasteiger charge is 2.26. The van der Waals surface area contributed by atoms with Crippen LogP contribution in [-0.4, -0.2) is 33.0 Å². The largest absolute Gasteiger partial charge is 0.465 e. The zero-order valence-electron chi connectivity index (χ0n) is 17.5. The molecular weight excluding hydrogens is 358 g/mol. The van der Waals surface area contributed by atoms with E-state index in [2.05, 4.69) is 23.1 Å². The molecule has 2 aromatic heterocycles. The zero-order chi connectivity index (χ0) is 20.6. The molecule has 0 saturated heterocycles. The Morgan fingerprint density at radius 3 is 2.46 bits per heavy atom. The maximum atomic E-state index is 13.0. The first-order chi connectivity index (χ1) is 13.2.